The molecule has 2 heterocycles. The number of rotatable bonds is 9. The zero-order valence-corrected chi connectivity index (χ0v) is 19.7. The van der Waals surface area contributed by atoms with E-state index < -0.39 is 17.7 Å². The quantitative estimate of drug-likeness (QED) is 0.246. The average molecular weight is 466 g/mol. The molecule has 7 nitrogen and oxygen atoms in total. The van der Waals surface area contributed by atoms with E-state index >= 15 is 0 Å². The van der Waals surface area contributed by atoms with Gasteiger partial charge in [0.25, 0.3) is 11.7 Å². The lowest BCUT2D eigenvalue weighted by Crippen LogP contribution is -2.30. The van der Waals surface area contributed by atoms with Gasteiger partial charge in [-0.2, -0.15) is 0 Å². The molecule has 0 saturated carbocycles. The fourth-order valence-corrected chi connectivity index (χ4v) is 4.33. The van der Waals surface area contributed by atoms with Crippen molar-refractivity contribution in [2.75, 3.05) is 26.4 Å². The predicted octanol–water partition coefficient (Wildman–Crippen LogP) is 4.86. The zero-order valence-electron chi connectivity index (χ0n) is 19.7. The number of hydrogen-bond donors (Lipinski definition) is 1. The largest absolute Gasteiger partial charge is 0.507 e. The molecule has 4 rings (SSSR count). The van der Waals surface area contributed by atoms with E-state index in [9.17, 15) is 14.7 Å². The SMILES string of the molecule is CCCCCOc1ccc(C2/C(=C(/O)c3ccc4c(c3)OCCO4)C(=O)C(=O)N2CCC)cc1. The Balaban J connectivity index is 1.69. The summed E-state index contributed by atoms with van der Waals surface area (Å²) in [5.41, 5.74) is 1.22. The molecule has 0 aromatic heterocycles. The standard InChI is InChI=1S/C27H31NO6/c1-3-5-6-14-32-20-10-7-18(8-11-20)24-23(26(30)27(31)28(24)13-4-2)25(29)19-9-12-21-22(17-19)34-16-15-33-21/h7-12,17,24,29H,3-6,13-16H2,1-2H3/b25-23-. The number of aliphatic hydroxyl groups excluding tert-OH is 1. The Morgan fingerprint density at radius 1 is 1.00 bits per heavy atom. The lowest BCUT2D eigenvalue weighted by Gasteiger charge is -2.25. The molecule has 34 heavy (non-hydrogen) atoms. The Morgan fingerprint density at radius 3 is 2.44 bits per heavy atom. The lowest BCUT2D eigenvalue weighted by molar-refractivity contribution is -0.139. The Hall–Kier alpha value is -3.48. The van der Waals surface area contributed by atoms with Gasteiger partial charge in [0.2, 0.25) is 0 Å². The van der Waals surface area contributed by atoms with Crippen LogP contribution in [0.3, 0.4) is 0 Å². The molecule has 0 spiro atoms. The normalized spacial score (nSPS) is 18.9. The van der Waals surface area contributed by atoms with Gasteiger partial charge in [0.1, 0.15) is 24.7 Å². The summed E-state index contributed by atoms with van der Waals surface area (Å²) in [6, 6.07) is 11.7. The summed E-state index contributed by atoms with van der Waals surface area (Å²) in [6.07, 6.45) is 3.92. The molecule has 0 aliphatic carbocycles. The first-order chi connectivity index (χ1) is 16.5. The van der Waals surface area contributed by atoms with Gasteiger partial charge in [0.15, 0.2) is 11.5 Å². The Morgan fingerprint density at radius 2 is 1.74 bits per heavy atom. The van der Waals surface area contributed by atoms with Crippen molar-refractivity contribution in [3.05, 3.63) is 59.2 Å². The van der Waals surface area contributed by atoms with Gasteiger partial charge >= 0.3 is 0 Å². The van der Waals surface area contributed by atoms with Gasteiger partial charge in [-0.15, -0.1) is 0 Å². The summed E-state index contributed by atoms with van der Waals surface area (Å²) < 4.78 is 17.0. The first-order valence-electron chi connectivity index (χ1n) is 12.0. The minimum Gasteiger partial charge on any atom is -0.507 e. The van der Waals surface area contributed by atoms with Crippen molar-refractivity contribution in [3.63, 3.8) is 0 Å². The molecule has 0 radical (unpaired) electrons. The van der Waals surface area contributed by atoms with E-state index in [1.165, 1.54) is 4.90 Å². The number of Topliss-reactive ketones (excluding diaryl/α,β-unsaturated/α-hetero) is 1. The van der Waals surface area contributed by atoms with E-state index in [0.717, 1.165) is 30.6 Å². The van der Waals surface area contributed by atoms with Crippen molar-refractivity contribution >= 4 is 17.4 Å². The smallest absolute Gasteiger partial charge is 0.295 e. The minimum absolute atomic E-state index is 0.0757. The molecule has 0 bridgehead atoms. The molecular weight excluding hydrogens is 434 g/mol. The average Bonchev–Trinajstić information content (AvgIpc) is 3.11. The predicted molar refractivity (Wildman–Crippen MR) is 128 cm³/mol. The zero-order chi connectivity index (χ0) is 24.1. The highest BCUT2D eigenvalue weighted by molar-refractivity contribution is 6.46. The number of nitrogens with zero attached hydrogens (tertiary/aromatic N) is 1. The number of ether oxygens (including phenoxy) is 3. The van der Waals surface area contributed by atoms with Crippen LogP contribution in [0.25, 0.3) is 5.76 Å². The third-order valence-corrected chi connectivity index (χ3v) is 6.03. The van der Waals surface area contributed by atoms with E-state index in [0.29, 0.717) is 49.8 Å². The van der Waals surface area contributed by atoms with Crippen LogP contribution < -0.4 is 14.2 Å². The second-order valence-corrected chi connectivity index (χ2v) is 8.48. The number of hydrogen-bond acceptors (Lipinski definition) is 6. The fraction of sp³-hybridized carbons (Fsp3) is 0.407. The van der Waals surface area contributed by atoms with Gasteiger partial charge in [-0.3, -0.25) is 9.59 Å². The Kier molecular flexibility index (Phi) is 7.40. The first-order valence-corrected chi connectivity index (χ1v) is 12.0. The maximum atomic E-state index is 13.1. The third-order valence-electron chi connectivity index (χ3n) is 6.03. The van der Waals surface area contributed by atoms with E-state index in [4.69, 9.17) is 14.2 Å². The molecule has 180 valence electrons. The molecule has 1 N–H and O–H groups in total. The second kappa shape index (κ2) is 10.6. The van der Waals surface area contributed by atoms with E-state index in [1.54, 1.807) is 18.2 Å². The number of unbranched alkanes of at least 4 members (excludes halogenated alkanes) is 2. The number of carbonyl (C=O) groups excluding carboxylic acids is 2. The molecule has 1 fully saturated rings. The van der Waals surface area contributed by atoms with Crippen LogP contribution in [0.1, 0.15) is 56.7 Å². The number of likely N-dealkylation sites (tertiary alicyclic amines) is 1. The second-order valence-electron chi connectivity index (χ2n) is 8.48. The van der Waals surface area contributed by atoms with Gasteiger partial charge in [-0.05, 0) is 48.7 Å². The molecule has 7 heteroatoms. The monoisotopic (exact) mass is 465 g/mol. The molecule has 1 amide bonds. The van der Waals surface area contributed by atoms with Crippen molar-refractivity contribution in [2.24, 2.45) is 0 Å². The summed E-state index contributed by atoms with van der Waals surface area (Å²) >= 11 is 0. The van der Waals surface area contributed by atoms with Crippen LogP contribution in [0.5, 0.6) is 17.2 Å². The molecule has 2 aliphatic rings. The summed E-state index contributed by atoms with van der Waals surface area (Å²) in [6.45, 7) is 6.01. The maximum absolute atomic E-state index is 13.1. The van der Waals surface area contributed by atoms with Crippen LogP contribution in [-0.4, -0.2) is 48.1 Å². The van der Waals surface area contributed by atoms with Gasteiger partial charge in [0.05, 0.1) is 18.2 Å². The van der Waals surface area contributed by atoms with Gasteiger partial charge in [0, 0.05) is 12.1 Å². The lowest BCUT2D eigenvalue weighted by atomic mass is 9.95. The van der Waals surface area contributed by atoms with E-state index in [-0.39, 0.29) is 11.3 Å². The minimum atomic E-state index is -0.689. The number of aliphatic hydroxyl groups is 1. The number of amides is 1. The van der Waals surface area contributed by atoms with Crippen LogP contribution in [0.4, 0.5) is 0 Å². The Labute approximate surface area is 199 Å². The number of fused-ring (bicyclic) bond motifs is 1. The summed E-state index contributed by atoms with van der Waals surface area (Å²) in [4.78, 5) is 27.5. The molecule has 1 atom stereocenters. The van der Waals surface area contributed by atoms with Crippen LogP contribution >= 0.6 is 0 Å². The van der Waals surface area contributed by atoms with Gasteiger partial charge < -0.3 is 24.2 Å². The molecule has 2 aliphatic heterocycles. The van der Waals surface area contributed by atoms with Crippen molar-refractivity contribution in [1.29, 1.82) is 0 Å². The third kappa shape index (κ3) is 4.74. The first kappa shape index (κ1) is 23.7. The van der Waals surface area contributed by atoms with Gasteiger partial charge in [-0.1, -0.05) is 38.8 Å². The van der Waals surface area contributed by atoms with Crippen molar-refractivity contribution in [1.82, 2.24) is 4.90 Å². The van der Waals surface area contributed by atoms with Crippen molar-refractivity contribution in [3.8, 4) is 17.2 Å². The highest BCUT2D eigenvalue weighted by atomic mass is 16.6. The van der Waals surface area contributed by atoms with Crippen LogP contribution in [0.2, 0.25) is 0 Å². The molecular formula is C27H31NO6. The summed E-state index contributed by atoms with van der Waals surface area (Å²) in [7, 11) is 0. The van der Waals surface area contributed by atoms with Crippen molar-refractivity contribution < 1.29 is 28.9 Å². The van der Waals surface area contributed by atoms with Crippen LogP contribution in [0.15, 0.2) is 48.0 Å². The number of ketones is 1. The summed E-state index contributed by atoms with van der Waals surface area (Å²) in [5, 5.41) is 11.2. The maximum Gasteiger partial charge on any atom is 0.295 e. The Bertz CT molecular complexity index is 1080. The van der Waals surface area contributed by atoms with Gasteiger partial charge in [-0.25, -0.2) is 0 Å². The van der Waals surface area contributed by atoms with Crippen molar-refractivity contribution in [2.45, 2.75) is 45.6 Å². The molecule has 2 aromatic carbocycles. The van der Waals surface area contributed by atoms with E-state index in [2.05, 4.69) is 6.92 Å². The molecule has 1 saturated heterocycles. The van der Waals surface area contributed by atoms with Crippen LogP contribution in [0, 0.1) is 0 Å². The molecule has 2 aromatic rings. The highest BCUT2D eigenvalue weighted by Crippen LogP contribution is 2.41. The van der Waals surface area contributed by atoms with E-state index in [1.807, 2.05) is 31.2 Å². The topological polar surface area (TPSA) is 85.3 Å². The highest BCUT2D eigenvalue weighted by Gasteiger charge is 2.45. The fourth-order valence-electron chi connectivity index (χ4n) is 4.33. The summed E-state index contributed by atoms with van der Waals surface area (Å²) in [5.74, 6) is 0.300. The molecule has 1 unspecified atom stereocenters. The van der Waals surface area contributed by atoms with Crippen LogP contribution in [-0.2, 0) is 9.59 Å². The number of benzene rings is 2. The number of carbonyl (C=O) groups is 2.